The van der Waals surface area contributed by atoms with E-state index in [2.05, 4.69) is 10.3 Å². The third-order valence-electron chi connectivity index (χ3n) is 4.52. The molecule has 1 fully saturated rings. The topological polar surface area (TPSA) is 59.9 Å². The molecule has 1 aliphatic rings. The van der Waals surface area contributed by atoms with Gasteiger partial charge in [-0.3, -0.25) is 4.79 Å². The van der Waals surface area contributed by atoms with E-state index in [4.69, 9.17) is 32.7 Å². The fourth-order valence-electron chi connectivity index (χ4n) is 2.92. The van der Waals surface area contributed by atoms with Crippen LogP contribution >= 0.6 is 35.0 Å². The standard InChI is InChI=1S/C24H18Cl2N2O3S/c1-30-21-12-16(8-11-20(21)31-14-15-6-9-17(25)10-7-15)13-22-23(29)28-24(32-22)27-19-5-3-2-4-18(19)26/h2-13H,14H2,1H3,(H,27,28,29)/b22-13-. The van der Waals surface area contributed by atoms with Crippen LogP contribution in [0.1, 0.15) is 11.1 Å². The van der Waals surface area contributed by atoms with Crippen LogP contribution in [0, 0.1) is 0 Å². The highest BCUT2D eigenvalue weighted by atomic mass is 35.5. The molecule has 5 nitrogen and oxygen atoms in total. The summed E-state index contributed by atoms with van der Waals surface area (Å²) >= 11 is 13.3. The average molecular weight is 485 g/mol. The van der Waals surface area contributed by atoms with Crippen molar-refractivity contribution in [3.63, 3.8) is 0 Å². The van der Waals surface area contributed by atoms with Gasteiger partial charge in [0.1, 0.15) is 6.61 Å². The average Bonchev–Trinajstić information content (AvgIpc) is 3.14. The molecule has 1 saturated heterocycles. The highest BCUT2D eigenvalue weighted by Crippen LogP contribution is 2.33. The molecule has 1 aliphatic heterocycles. The maximum atomic E-state index is 12.4. The molecule has 0 radical (unpaired) electrons. The smallest absolute Gasteiger partial charge is 0.264 e. The number of ether oxygens (including phenoxy) is 2. The normalized spacial score (nSPS) is 15.8. The molecule has 0 aromatic heterocycles. The number of thioether (sulfide) groups is 1. The lowest BCUT2D eigenvalue weighted by Gasteiger charge is -2.11. The highest BCUT2D eigenvalue weighted by molar-refractivity contribution is 8.18. The van der Waals surface area contributed by atoms with Crippen molar-refractivity contribution in [3.05, 3.63) is 92.8 Å². The minimum Gasteiger partial charge on any atom is -0.493 e. The van der Waals surface area contributed by atoms with Crippen molar-refractivity contribution in [2.75, 3.05) is 7.11 Å². The lowest BCUT2D eigenvalue weighted by molar-refractivity contribution is -0.115. The monoisotopic (exact) mass is 484 g/mol. The molecule has 0 unspecified atom stereocenters. The lowest BCUT2D eigenvalue weighted by atomic mass is 10.2. The van der Waals surface area contributed by atoms with Gasteiger partial charge in [0, 0.05) is 5.02 Å². The number of nitrogens with one attached hydrogen (secondary N) is 1. The third-order valence-corrected chi connectivity index (χ3v) is 6.00. The number of halogens is 2. The summed E-state index contributed by atoms with van der Waals surface area (Å²) in [6.07, 6.45) is 1.78. The SMILES string of the molecule is COc1cc(/C=C2\SC(=Nc3ccccc3Cl)NC2=O)ccc1OCc1ccc(Cl)cc1. The van der Waals surface area contributed by atoms with Gasteiger partial charge in [-0.2, -0.15) is 0 Å². The molecule has 4 rings (SSSR count). The van der Waals surface area contributed by atoms with Crippen molar-refractivity contribution in [1.82, 2.24) is 5.32 Å². The molecular weight excluding hydrogens is 467 g/mol. The molecule has 0 atom stereocenters. The Hall–Kier alpha value is -2.93. The number of carbonyl (C=O) groups is 1. The second-order valence-corrected chi connectivity index (χ2v) is 8.63. The van der Waals surface area contributed by atoms with Crippen molar-refractivity contribution in [2.45, 2.75) is 6.61 Å². The van der Waals surface area contributed by atoms with E-state index in [0.717, 1.165) is 11.1 Å². The van der Waals surface area contributed by atoms with Gasteiger partial charge < -0.3 is 14.8 Å². The zero-order valence-electron chi connectivity index (χ0n) is 17.0. The zero-order valence-corrected chi connectivity index (χ0v) is 19.3. The molecule has 1 N–H and O–H groups in total. The Morgan fingerprint density at radius 1 is 1.03 bits per heavy atom. The number of amides is 1. The summed E-state index contributed by atoms with van der Waals surface area (Å²) in [6.45, 7) is 0.383. The van der Waals surface area contributed by atoms with Crippen LogP contribution in [0.15, 0.2) is 76.6 Å². The largest absolute Gasteiger partial charge is 0.493 e. The van der Waals surface area contributed by atoms with E-state index >= 15 is 0 Å². The van der Waals surface area contributed by atoms with Crippen LogP contribution in [0.2, 0.25) is 10.0 Å². The lowest BCUT2D eigenvalue weighted by Crippen LogP contribution is -2.19. The summed E-state index contributed by atoms with van der Waals surface area (Å²) in [7, 11) is 1.58. The van der Waals surface area contributed by atoms with E-state index in [1.165, 1.54) is 11.8 Å². The molecule has 1 amide bonds. The van der Waals surface area contributed by atoms with E-state index < -0.39 is 0 Å². The van der Waals surface area contributed by atoms with Gasteiger partial charge in [0.05, 0.1) is 22.7 Å². The number of hydrogen-bond acceptors (Lipinski definition) is 5. The number of carbonyl (C=O) groups excluding carboxylic acids is 1. The summed E-state index contributed by atoms with van der Waals surface area (Å²) in [5.41, 5.74) is 2.39. The molecule has 0 bridgehead atoms. The first kappa shape index (κ1) is 22.3. The van der Waals surface area contributed by atoms with Gasteiger partial charge in [-0.1, -0.05) is 53.5 Å². The Balaban J connectivity index is 1.49. The summed E-state index contributed by atoms with van der Waals surface area (Å²) < 4.78 is 11.4. The Kier molecular flexibility index (Phi) is 7.05. The second kappa shape index (κ2) is 10.1. The fourth-order valence-corrected chi connectivity index (χ4v) is 4.06. The fraction of sp³-hybridized carbons (Fsp3) is 0.0833. The first-order valence-corrected chi connectivity index (χ1v) is 11.2. The summed E-state index contributed by atoms with van der Waals surface area (Å²) in [6, 6.07) is 20.2. The first-order chi connectivity index (χ1) is 15.5. The molecule has 8 heteroatoms. The van der Waals surface area contributed by atoms with Crippen molar-refractivity contribution in [1.29, 1.82) is 0 Å². The van der Waals surface area contributed by atoms with Crippen molar-refractivity contribution in [2.24, 2.45) is 4.99 Å². The van der Waals surface area contributed by atoms with Gasteiger partial charge in [0.15, 0.2) is 16.7 Å². The number of para-hydroxylation sites is 1. The number of rotatable bonds is 6. The van der Waals surface area contributed by atoms with E-state index in [0.29, 0.717) is 43.9 Å². The summed E-state index contributed by atoms with van der Waals surface area (Å²) in [4.78, 5) is 17.3. The number of nitrogens with zero attached hydrogens (tertiary/aromatic N) is 1. The number of benzene rings is 3. The van der Waals surface area contributed by atoms with Crippen LogP contribution in [-0.2, 0) is 11.4 Å². The van der Waals surface area contributed by atoms with Gasteiger partial charge in [-0.05, 0) is 65.4 Å². The zero-order chi connectivity index (χ0) is 22.5. The van der Waals surface area contributed by atoms with Crippen LogP contribution in [0.5, 0.6) is 11.5 Å². The molecule has 0 saturated carbocycles. The molecule has 3 aromatic rings. The Morgan fingerprint density at radius 3 is 2.56 bits per heavy atom. The van der Waals surface area contributed by atoms with Gasteiger partial charge in [-0.15, -0.1) is 0 Å². The number of amidine groups is 1. The maximum absolute atomic E-state index is 12.4. The third kappa shape index (κ3) is 5.46. The van der Waals surface area contributed by atoms with Gasteiger partial charge in [0.25, 0.3) is 5.91 Å². The predicted molar refractivity (Wildman–Crippen MR) is 131 cm³/mol. The number of methoxy groups -OCH3 is 1. The molecule has 162 valence electrons. The predicted octanol–water partition coefficient (Wildman–Crippen LogP) is 6.47. The van der Waals surface area contributed by atoms with E-state index in [1.807, 2.05) is 54.6 Å². The minimum atomic E-state index is -0.220. The van der Waals surface area contributed by atoms with Crippen LogP contribution in [0.3, 0.4) is 0 Å². The maximum Gasteiger partial charge on any atom is 0.264 e. The Morgan fingerprint density at radius 2 is 1.81 bits per heavy atom. The van der Waals surface area contributed by atoms with Crippen LogP contribution < -0.4 is 14.8 Å². The van der Waals surface area contributed by atoms with Crippen molar-refractivity contribution < 1.29 is 14.3 Å². The first-order valence-electron chi connectivity index (χ1n) is 9.61. The van der Waals surface area contributed by atoms with Gasteiger partial charge in [-0.25, -0.2) is 4.99 Å². The van der Waals surface area contributed by atoms with Crippen LogP contribution in [0.4, 0.5) is 5.69 Å². The summed E-state index contributed by atoms with van der Waals surface area (Å²) in [5.74, 6) is 0.957. The van der Waals surface area contributed by atoms with Gasteiger partial charge in [0.2, 0.25) is 0 Å². The van der Waals surface area contributed by atoms with Crippen molar-refractivity contribution in [3.8, 4) is 11.5 Å². The Bertz CT molecular complexity index is 1210. The van der Waals surface area contributed by atoms with E-state index in [-0.39, 0.29) is 5.91 Å². The minimum absolute atomic E-state index is 0.220. The van der Waals surface area contributed by atoms with Crippen LogP contribution in [-0.4, -0.2) is 18.2 Å². The van der Waals surface area contributed by atoms with Gasteiger partial charge >= 0.3 is 0 Å². The number of hydrogen-bond donors (Lipinski definition) is 1. The second-order valence-electron chi connectivity index (χ2n) is 6.76. The van der Waals surface area contributed by atoms with Crippen LogP contribution in [0.25, 0.3) is 6.08 Å². The highest BCUT2D eigenvalue weighted by Gasteiger charge is 2.24. The molecule has 32 heavy (non-hydrogen) atoms. The number of aliphatic imine (C=N–C) groups is 1. The molecule has 0 spiro atoms. The van der Waals surface area contributed by atoms with E-state index in [1.54, 1.807) is 25.3 Å². The molecular formula is C24H18Cl2N2O3S. The quantitative estimate of drug-likeness (QED) is 0.407. The molecule has 0 aliphatic carbocycles. The molecule has 3 aromatic carbocycles. The Labute approximate surface area is 200 Å². The van der Waals surface area contributed by atoms with E-state index in [9.17, 15) is 4.79 Å². The van der Waals surface area contributed by atoms with Crippen molar-refractivity contribution >= 4 is 57.8 Å². The summed E-state index contributed by atoms with van der Waals surface area (Å²) in [5, 5.41) is 4.44. The molecule has 1 heterocycles.